The molecule has 0 saturated carbocycles. The van der Waals surface area contributed by atoms with Gasteiger partial charge in [0.2, 0.25) is 0 Å². The van der Waals surface area contributed by atoms with Crippen LogP contribution in [0.15, 0.2) is 59.5 Å². The third-order valence-corrected chi connectivity index (χ3v) is 4.78. The molecule has 0 fully saturated rings. The Labute approximate surface area is 140 Å². The first-order valence-corrected chi connectivity index (χ1v) is 7.83. The van der Waals surface area contributed by atoms with Gasteiger partial charge in [-0.25, -0.2) is 0 Å². The topological polar surface area (TPSA) is 37.4 Å². The normalized spacial score (nSPS) is 19.8. The van der Waals surface area contributed by atoms with E-state index in [1.807, 2.05) is 0 Å². The number of allylic oxidation sites excluding steroid dienone is 2. The lowest BCUT2D eigenvalue weighted by Gasteiger charge is -2.34. The highest BCUT2D eigenvalue weighted by molar-refractivity contribution is 8.05. The van der Waals surface area contributed by atoms with Crippen LogP contribution in [0.2, 0.25) is 0 Å². The van der Waals surface area contributed by atoms with Crippen molar-refractivity contribution in [2.75, 3.05) is 7.05 Å². The lowest BCUT2D eigenvalue weighted by Crippen LogP contribution is -2.43. The van der Waals surface area contributed by atoms with Gasteiger partial charge in [0.05, 0.1) is 4.91 Å². The summed E-state index contributed by atoms with van der Waals surface area (Å²) in [5.74, 6) is -0.995. The molecule has 24 heavy (non-hydrogen) atoms. The molecule has 3 nitrogen and oxygen atoms in total. The smallest absolute Gasteiger partial charge is 0.324 e. The Balaban J connectivity index is 2.26. The Hall–Kier alpha value is -2.28. The minimum Gasteiger partial charge on any atom is -0.324 e. The number of amides is 1. The molecule has 1 amide bonds. The highest BCUT2D eigenvalue weighted by Gasteiger charge is 2.50. The van der Waals surface area contributed by atoms with Gasteiger partial charge in [-0.3, -0.25) is 9.59 Å². The Morgan fingerprint density at radius 3 is 2.17 bits per heavy atom. The molecule has 0 N–H and O–H groups in total. The summed E-state index contributed by atoms with van der Waals surface area (Å²) in [4.78, 5) is 24.8. The molecule has 0 bridgehead atoms. The van der Waals surface area contributed by atoms with Crippen LogP contribution in [0.5, 0.6) is 0 Å². The quantitative estimate of drug-likeness (QED) is 0.818. The first-order chi connectivity index (χ1) is 11.2. The fourth-order valence-electron chi connectivity index (χ4n) is 2.87. The number of thioether (sulfide) groups is 1. The molecule has 1 aliphatic heterocycles. The predicted octanol–water partition coefficient (Wildman–Crippen LogP) is 3.56. The number of likely N-dealkylation sites (N-methyl/N-ethyl adjacent to an activating group) is 1. The second-order valence-electron chi connectivity index (χ2n) is 5.38. The Bertz CT molecular complexity index is 778. The monoisotopic (exact) mass is 351 g/mol. The van der Waals surface area contributed by atoms with Gasteiger partial charge in [-0.15, -0.1) is 0 Å². The molecular weight excluding hydrogens is 339 g/mol. The van der Waals surface area contributed by atoms with Crippen LogP contribution in [0, 0.1) is 0 Å². The van der Waals surface area contributed by atoms with Gasteiger partial charge in [-0.05, 0) is 41.6 Å². The zero-order valence-corrected chi connectivity index (χ0v) is 13.3. The first kappa shape index (κ1) is 16.6. The maximum atomic E-state index is 13.0. The third kappa shape index (κ3) is 2.69. The number of carbonyl (C=O) groups excluding carboxylic acids is 2. The fraction of sp³-hybridized carbons (Fsp3) is 0.176. The van der Waals surface area contributed by atoms with Crippen LogP contribution in [-0.2, 0) is 9.59 Å². The zero-order chi connectivity index (χ0) is 17.5. The Morgan fingerprint density at radius 2 is 1.62 bits per heavy atom. The second kappa shape index (κ2) is 5.66. The maximum Gasteiger partial charge on any atom is 0.446 e. The van der Waals surface area contributed by atoms with Gasteiger partial charge < -0.3 is 4.90 Å². The highest BCUT2D eigenvalue weighted by atomic mass is 32.2. The van der Waals surface area contributed by atoms with Crippen LogP contribution < -0.4 is 0 Å². The molecule has 3 rings (SSSR count). The number of carbonyl (C=O) groups is 2. The van der Waals surface area contributed by atoms with E-state index < -0.39 is 28.7 Å². The molecule has 1 aromatic rings. The molecule has 7 heteroatoms. The average molecular weight is 351 g/mol. The van der Waals surface area contributed by atoms with E-state index in [1.165, 1.54) is 36.3 Å². The van der Waals surface area contributed by atoms with E-state index in [0.29, 0.717) is 5.56 Å². The van der Waals surface area contributed by atoms with Crippen LogP contribution in [0.25, 0.3) is 5.57 Å². The molecule has 1 heterocycles. The summed E-state index contributed by atoms with van der Waals surface area (Å²) in [7, 11) is 1.43. The largest absolute Gasteiger partial charge is 0.446 e. The molecule has 0 aromatic heterocycles. The summed E-state index contributed by atoms with van der Waals surface area (Å²) in [6.07, 6.45) is 5.49. The number of halogens is 3. The molecule has 124 valence electrons. The summed E-state index contributed by atoms with van der Waals surface area (Å²) in [5.41, 5.74) is -5.04. The third-order valence-electron chi connectivity index (χ3n) is 3.97. The van der Waals surface area contributed by atoms with E-state index in [2.05, 4.69) is 0 Å². The van der Waals surface area contributed by atoms with Gasteiger partial charge in [0.25, 0.3) is 5.91 Å². The predicted molar refractivity (Wildman–Crippen MR) is 85.8 cm³/mol. The summed E-state index contributed by atoms with van der Waals surface area (Å²) in [6.45, 7) is 0. The minimum atomic E-state index is -4.59. The molecule has 0 radical (unpaired) electrons. The lowest BCUT2D eigenvalue weighted by atomic mass is 9.83. The van der Waals surface area contributed by atoms with E-state index in [9.17, 15) is 22.8 Å². The average Bonchev–Trinajstić information content (AvgIpc) is 2.72. The fourth-order valence-corrected chi connectivity index (χ4v) is 3.71. The number of benzene rings is 1. The van der Waals surface area contributed by atoms with Crippen LogP contribution in [0.1, 0.15) is 5.56 Å². The number of hydrogen-bond donors (Lipinski definition) is 0. The van der Waals surface area contributed by atoms with Crippen molar-refractivity contribution in [3.05, 3.63) is 65.1 Å². The molecule has 0 unspecified atom stereocenters. The van der Waals surface area contributed by atoms with Crippen molar-refractivity contribution in [3.8, 4) is 0 Å². The lowest BCUT2D eigenvalue weighted by molar-refractivity contribution is -0.125. The molecule has 1 spiro atoms. The van der Waals surface area contributed by atoms with Crippen molar-refractivity contribution < 1.29 is 22.8 Å². The zero-order valence-electron chi connectivity index (χ0n) is 12.5. The first-order valence-electron chi connectivity index (χ1n) is 7.01. The van der Waals surface area contributed by atoms with E-state index >= 15 is 0 Å². The van der Waals surface area contributed by atoms with E-state index in [1.54, 1.807) is 30.3 Å². The SMILES string of the molecule is CN1C(=O)C(SC(F)(F)F)=C(c2ccccc2)C12C=CC(=O)C=C2. The van der Waals surface area contributed by atoms with Crippen molar-refractivity contribution in [2.45, 2.75) is 11.0 Å². The molecular formula is C17H12F3NO2S. The van der Waals surface area contributed by atoms with Gasteiger partial charge in [0, 0.05) is 12.6 Å². The summed E-state index contributed by atoms with van der Waals surface area (Å²) < 4.78 is 38.9. The second-order valence-corrected chi connectivity index (χ2v) is 6.45. The van der Waals surface area contributed by atoms with Crippen molar-refractivity contribution in [3.63, 3.8) is 0 Å². The van der Waals surface area contributed by atoms with Gasteiger partial charge in [-0.2, -0.15) is 13.2 Å². The van der Waals surface area contributed by atoms with Gasteiger partial charge in [0.15, 0.2) is 5.78 Å². The molecule has 1 aliphatic carbocycles. The van der Waals surface area contributed by atoms with Crippen LogP contribution in [-0.4, -0.2) is 34.7 Å². The molecule has 0 atom stereocenters. The number of alkyl halides is 3. The number of ketones is 1. The number of hydrogen-bond acceptors (Lipinski definition) is 3. The summed E-state index contributed by atoms with van der Waals surface area (Å²) >= 11 is -0.417. The van der Waals surface area contributed by atoms with E-state index in [4.69, 9.17) is 0 Å². The van der Waals surface area contributed by atoms with Crippen LogP contribution in [0.4, 0.5) is 13.2 Å². The van der Waals surface area contributed by atoms with Gasteiger partial charge in [0.1, 0.15) is 5.54 Å². The Morgan fingerprint density at radius 1 is 1.04 bits per heavy atom. The van der Waals surface area contributed by atoms with Gasteiger partial charge in [-0.1, -0.05) is 30.3 Å². The molecule has 1 aromatic carbocycles. The highest BCUT2D eigenvalue weighted by Crippen LogP contribution is 2.51. The number of nitrogens with zero attached hydrogens (tertiary/aromatic N) is 1. The molecule has 2 aliphatic rings. The maximum absolute atomic E-state index is 13.0. The van der Waals surface area contributed by atoms with Crippen molar-refractivity contribution in [1.82, 2.24) is 4.90 Å². The molecule has 0 saturated heterocycles. The van der Waals surface area contributed by atoms with E-state index in [-0.39, 0.29) is 16.3 Å². The van der Waals surface area contributed by atoms with Crippen molar-refractivity contribution in [1.29, 1.82) is 0 Å². The van der Waals surface area contributed by atoms with Crippen LogP contribution >= 0.6 is 11.8 Å². The minimum absolute atomic E-state index is 0.234. The van der Waals surface area contributed by atoms with E-state index in [0.717, 1.165) is 0 Å². The standard InChI is InChI=1S/C17H12F3NO2S/c1-21-15(23)14(24-17(18,19)20)13(11-5-3-2-4-6-11)16(21)9-7-12(22)8-10-16/h2-10H,1H3. The summed E-state index contributed by atoms with van der Waals surface area (Å²) in [6, 6.07) is 8.42. The van der Waals surface area contributed by atoms with Crippen molar-refractivity contribution >= 4 is 29.0 Å². The van der Waals surface area contributed by atoms with Crippen molar-refractivity contribution in [2.24, 2.45) is 0 Å². The Kier molecular flexibility index (Phi) is 3.91. The van der Waals surface area contributed by atoms with Gasteiger partial charge >= 0.3 is 5.51 Å². The van der Waals surface area contributed by atoms with Crippen LogP contribution in [0.3, 0.4) is 0 Å². The summed E-state index contributed by atoms with van der Waals surface area (Å²) in [5, 5.41) is 0. The number of rotatable bonds is 2.